The summed E-state index contributed by atoms with van der Waals surface area (Å²) in [7, 11) is 4.65. The monoisotopic (exact) mass is 1030 g/mol. The maximum atomic E-state index is 12.0. The first-order valence-corrected chi connectivity index (χ1v) is 21.8. The number of primary amides is 2. The SMILES string of the molecule is CCN(CC)CC.COC(=O)c1ccc(-c2nn3cccc3c(=O)[nH]2)cc1.COC(=O)c1ccc(C(=O)Cl)cc1.COC(=O)c1ccc(C(=O)Nn2cccc2C(N)=O)cc1.C[O-].NC(=O)c1cccn1N.[Na+]. The van der Waals surface area contributed by atoms with Gasteiger partial charge in [-0.25, -0.2) is 18.9 Å². The number of nitrogen functional groups attached to an aromatic ring is 1. The summed E-state index contributed by atoms with van der Waals surface area (Å²) in [5.41, 5.74) is 15.9. The van der Waals surface area contributed by atoms with Crippen molar-refractivity contribution in [3.63, 3.8) is 0 Å². The van der Waals surface area contributed by atoms with Crippen molar-refractivity contribution in [2.45, 2.75) is 20.8 Å². The van der Waals surface area contributed by atoms with E-state index in [1.54, 1.807) is 67.0 Å². The van der Waals surface area contributed by atoms with E-state index in [9.17, 15) is 38.4 Å². The van der Waals surface area contributed by atoms with E-state index >= 15 is 0 Å². The molecule has 0 fully saturated rings. The zero-order chi connectivity index (χ0) is 53.9. The summed E-state index contributed by atoms with van der Waals surface area (Å²) < 4.78 is 17.6. The molecule has 4 aromatic heterocycles. The summed E-state index contributed by atoms with van der Waals surface area (Å²) in [4.78, 5) is 94.8. The van der Waals surface area contributed by atoms with Gasteiger partial charge in [-0.05, 0) is 128 Å². The van der Waals surface area contributed by atoms with Crippen LogP contribution in [0, 0.1) is 0 Å². The number of esters is 3. The van der Waals surface area contributed by atoms with Gasteiger partial charge >= 0.3 is 47.5 Å². The van der Waals surface area contributed by atoms with Gasteiger partial charge in [-0.1, -0.05) is 32.9 Å². The zero-order valence-electron chi connectivity index (χ0n) is 41.5. The van der Waals surface area contributed by atoms with Gasteiger partial charge in [0.15, 0.2) is 5.82 Å². The van der Waals surface area contributed by atoms with Crippen LogP contribution in [0.1, 0.15) is 93.5 Å². The molecular weight excluding hydrogens is 979 g/mol. The summed E-state index contributed by atoms with van der Waals surface area (Å²) in [5, 5.41) is 12.0. The van der Waals surface area contributed by atoms with Crippen LogP contribution < -0.4 is 63.0 Å². The Morgan fingerprint density at radius 3 is 1.42 bits per heavy atom. The molecule has 3 amide bonds. The number of nitrogens with zero attached hydrogens (tertiary/aromatic N) is 5. The number of methoxy groups -OCH3 is 3. The fraction of sp³-hybridized carbons (Fsp3) is 0.204. The Bertz CT molecular complexity index is 2920. The van der Waals surface area contributed by atoms with Gasteiger partial charge in [0.25, 0.3) is 28.5 Å². The maximum absolute atomic E-state index is 12.0. The molecular formula is C49H56ClN10NaO12. The Balaban J connectivity index is 0.000000475. The second kappa shape index (κ2) is 32.9. The van der Waals surface area contributed by atoms with Gasteiger partial charge in [-0.15, -0.1) is 5.10 Å². The van der Waals surface area contributed by atoms with Crippen molar-refractivity contribution < 1.29 is 82.4 Å². The third-order valence-electron chi connectivity index (χ3n) is 9.68. The number of rotatable bonds is 12. The number of nitrogens with two attached hydrogens (primary N) is 3. The third-order valence-corrected chi connectivity index (χ3v) is 9.90. The number of halogens is 1. The van der Waals surface area contributed by atoms with Crippen LogP contribution in [0.5, 0.6) is 0 Å². The number of ether oxygens (including phenoxy) is 3. The molecule has 0 spiro atoms. The molecule has 4 heterocycles. The van der Waals surface area contributed by atoms with E-state index in [0.29, 0.717) is 50.4 Å². The van der Waals surface area contributed by atoms with Crippen LogP contribution >= 0.6 is 11.6 Å². The minimum absolute atomic E-state index is 0. The second-order valence-electron chi connectivity index (χ2n) is 14.0. The van der Waals surface area contributed by atoms with Crippen LogP contribution in [0.3, 0.4) is 0 Å². The molecule has 0 saturated carbocycles. The normalized spacial score (nSPS) is 9.67. The Morgan fingerprint density at radius 1 is 0.630 bits per heavy atom. The topological polar surface area (TPSA) is 324 Å². The molecule has 22 nitrogen and oxygen atoms in total. The van der Waals surface area contributed by atoms with Gasteiger partial charge in [-0.2, -0.15) is 7.11 Å². The summed E-state index contributed by atoms with van der Waals surface area (Å²) in [6.07, 6.45) is 4.76. The summed E-state index contributed by atoms with van der Waals surface area (Å²) >= 11 is 5.21. The van der Waals surface area contributed by atoms with Crippen molar-refractivity contribution in [1.82, 2.24) is 28.9 Å². The zero-order valence-corrected chi connectivity index (χ0v) is 44.2. The second-order valence-corrected chi connectivity index (χ2v) is 14.3. The first kappa shape index (κ1) is 63.2. The number of amides is 3. The molecule has 8 N–H and O–H groups in total. The number of H-pyrrole nitrogens is 1. The van der Waals surface area contributed by atoms with E-state index in [1.165, 1.54) is 116 Å². The Kier molecular flexibility index (Phi) is 28.5. The van der Waals surface area contributed by atoms with Crippen LogP contribution in [-0.2, 0) is 14.2 Å². The smallest absolute Gasteiger partial charge is 0.857 e. The molecule has 0 radical (unpaired) electrons. The van der Waals surface area contributed by atoms with E-state index in [1.807, 2.05) is 0 Å². The van der Waals surface area contributed by atoms with Crippen molar-refractivity contribution in [3.8, 4) is 11.4 Å². The van der Waals surface area contributed by atoms with Crippen molar-refractivity contribution >= 4 is 58.0 Å². The maximum Gasteiger partial charge on any atom is 1.00 e. The molecule has 0 bridgehead atoms. The number of hydrogen-bond acceptors (Lipinski definition) is 15. The Labute approximate surface area is 447 Å². The van der Waals surface area contributed by atoms with Crippen molar-refractivity contribution in [1.29, 1.82) is 0 Å². The number of aromatic amines is 1. The van der Waals surface area contributed by atoms with Gasteiger partial charge in [0.1, 0.15) is 16.9 Å². The molecule has 0 atom stereocenters. The molecule has 382 valence electrons. The minimum atomic E-state index is -0.652. The number of nitrogens with one attached hydrogen (secondary N) is 2. The van der Waals surface area contributed by atoms with Gasteiger partial charge in [0, 0.05) is 35.3 Å². The van der Waals surface area contributed by atoms with Crippen LogP contribution in [0.15, 0.2) is 133 Å². The molecule has 24 heteroatoms. The van der Waals surface area contributed by atoms with Crippen LogP contribution in [0.25, 0.3) is 16.9 Å². The molecule has 7 aromatic rings. The molecule has 0 unspecified atom stereocenters. The number of carbonyl (C=O) groups is 7. The summed E-state index contributed by atoms with van der Waals surface area (Å²) in [6, 6.07) is 28.2. The standard InChI is InChI=1S/C14H13N3O4.C14H11N3O3.C9H7ClO3.C6H15N.C5H7N3O.CH3O.Na/c1-21-14(20)10-6-4-9(5-7-10)13(19)16-17-8-2-3-11(17)12(15)18;1-20-14(19)10-6-4-9(5-7-10)12-15-13(18)11-3-2-8-17(11)16-12;1-13-9(12)7-4-2-6(3-5-7)8(10)11;1-4-7(5-2)6-3;6-5(9)4-2-1-3-8(4)7;1-2;/h2-8H,1H3,(H2,15,18)(H,16,19);2-8H,1H3,(H,15,16,18);2-5H,1H3;4-6H2,1-3H3;1-3H,7H2,(H2,6,9);1H3;/q;;;;;-1;+1. The Morgan fingerprint density at radius 2 is 1.04 bits per heavy atom. The molecule has 3 aromatic carbocycles. The number of hydrogen-bond donors (Lipinski definition) is 5. The Hall–Kier alpha value is -7.86. The number of benzene rings is 3. The first-order valence-electron chi connectivity index (χ1n) is 21.4. The quantitative estimate of drug-likeness (QED) is 0.0370. The van der Waals surface area contributed by atoms with Crippen LogP contribution in [0.4, 0.5) is 0 Å². The predicted octanol–water partition coefficient (Wildman–Crippen LogP) is 0.715. The molecule has 0 aliphatic rings. The average Bonchev–Trinajstić information content (AvgIpc) is 4.20. The predicted molar refractivity (Wildman–Crippen MR) is 267 cm³/mol. The fourth-order valence-corrected chi connectivity index (χ4v) is 5.94. The van der Waals surface area contributed by atoms with Crippen molar-refractivity contribution in [2.24, 2.45) is 11.5 Å². The number of carbonyl (C=O) groups excluding carboxylic acids is 7. The van der Waals surface area contributed by atoms with Crippen LogP contribution in [0.2, 0.25) is 0 Å². The average molecular weight is 1040 g/mol. The van der Waals surface area contributed by atoms with Gasteiger partial charge in [-0.3, -0.25) is 38.8 Å². The molecule has 7 rings (SSSR count). The largest absolute Gasteiger partial charge is 1.00 e. The van der Waals surface area contributed by atoms with Crippen LogP contribution in [-0.4, -0.2) is 118 Å². The number of fused-ring (bicyclic) bond motifs is 1. The molecule has 0 aliphatic carbocycles. The summed E-state index contributed by atoms with van der Waals surface area (Å²) in [6.45, 7) is 10.1. The fourth-order valence-electron chi connectivity index (χ4n) is 5.81. The van der Waals surface area contributed by atoms with Gasteiger partial charge in [0.2, 0.25) is 0 Å². The van der Waals surface area contributed by atoms with Gasteiger partial charge in [0.05, 0.1) is 38.0 Å². The van der Waals surface area contributed by atoms with E-state index in [-0.39, 0.29) is 40.8 Å². The van der Waals surface area contributed by atoms with E-state index in [2.05, 4.69) is 55.4 Å². The van der Waals surface area contributed by atoms with Crippen molar-refractivity contribution in [3.05, 3.63) is 177 Å². The van der Waals surface area contributed by atoms with Gasteiger partial charge < -0.3 is 46.5 Å². The molecule has 0 saturated heterocycles. The number of aromatic nitrogens is 5. The third kappa shape index (κ3) is 19.7. The van der Waals surface area contributed by atoms with E-state index < -0.39 is 40.9 Å². The minimum Gasteiger partial charge on any atom is -0.857 e. The molecule has 73 heavy (non-hydrogen) atoms. The first-order chi connectivity index (χ1) is 34.4. The molecule has 0 aliphatic heterocycles. The van der Waals surface area contributed by atoms with E-state index in [0.717, 1.165) is 7.11 Å². The summed E-state index contributed by atoms with van der Waals surface area (Å²) in [5.74, 6) is 2.77. The van der Waals surface area contributed by atoms with Crippen molar-refractivity contribution in [2.75, 3.05) is 59.3 Å². The van der Waals surface area contributed by atoms with E-state index in [4.69, 9.17) is 34.0 Å².